The van der Waals surface area contributed by atoms with E-state index in [-0.39, 0.29) is 15.7 Å². The fraction of sp³-hybridized carbons (Fsp3) is 0.609. The fourth-order valence-electron chi connectivity index (χ4n) is 5.10. The molecule has 2 fully saturated rings. The number of sulfone groups is 1. The van der Waals surface area contributed by atoms with Gasteiger partial charge in [0.1, 0.15) is 6.04 Å². The number of hydrogen-bond donors (Lipinski definition) is 0. The molecule has 4 rings (SSSR count). The minimum absolute atomic E-state index is 0.211. The zero-order chi connectivity index (χ0) is 22.0. The summed E-state index contributed by atoms with van der Waals surface area (Å²) in [5.74, 6) is -0.0753. The Bertz CT molecular complexity index is 1110. The van der Waals surface area contributed by atoms with Gasteiger partial charge in [-0.15, -0.1) is 0 Å². The summed E-state index contributed by atoms with van der Waals surface area (Å²) in [5.41, 5.74) is -0.0115. The van der Waals surface area contributed by atoms with Crippen LogP contribution in [0.2, 0.25) is 0 Å². The highest BCUT2D eigenvalue weighted by molar-refractivity contribution is 7.92. The highest BCUT2D eigenvalue weighted by Gasteiger charge is 2.31. The first-order chi connectivity index (χ1) is 14.9. The van der Waals surface area contributed by atoms with Crippen molar-refractivity contribution in [3.63, 3.8) is 0 Å². The lowest BCUT2D eigenvalue weighted by Gasteiger charge is -2.26. The van der Waals surface area contributed by atoms with Crippen molar-refractivity contribution in [3.8, 4) is 0 Å². The zero-order valence-corrected chi connectivity index (χ0v) is 18.8. The first-order valence-corrected chi connectivity index (χ1v) is 12.8. The lowest BCUT2D eigenvalue weighted by atomic mass is 9.84. The molecule has 0 aliphatic heterocycles. The van der Waals surface area contributed by atoms with Crippen molar-refractivity contribution in [1.29, 1.82) is 0 Å². The van der Waals surface area contributed by atoms with Crippen molar-refractivity contribution < 1.29 is 17.9 Å². The summed E-state index contributed by atoms with van der Waals surface area (Å²) in [6, 6.07) is 3.79. The third kappa shape index (κ3) is 4.40. The monoisotopic (exact) mass is 446 g/mol. The van der Waals surface area contributed by atoms with Crippen molar-refractivity contribution in [2.45, 2.75) is 80.4 Å². The normalized spacial score (nSPS) is 19.5. The number of carbonyl (C=O) groups excluding carboxylic acids is 1. The largest absolute Gasteiger partial charge is 0.467 e. The Morgan fingerprint density at radius 1 is 1.13 bits per heavy atom. The lowest BCUT2D eigenvalue weighted by molar-refractivity contribution is -0.145. The van der Waals surface area contributed by atoms with Crippen LogP contribution >= 0.6 is 0 Å². The van der Waals surface area contributed by atoms with E-state index in [0.717, 1.165) is 38.5 Å². The Kier molecular flexibility index (Phi) is 6.46. The van der Waals surface area contributed by atoms with Gasteiger partial charge in [0, 0.05) is 0 Å². The summed E-state index contributed by atoms with van der Waals surface area (Å²) in [4.78, 5) is 30.3. The van der Waals surface area contributed by atoms with Gasteiger partial charge in [-0.25, -0.2) is 18.2 Å². The molecule has 0 N–H and O–H groups in total. The number of fused-ring (bicyclic) bond motifs is 1. The standard InChI is InChI=1S/C23H30N2O5S/c1-30-23(27)21(13-16-7-3-2-4-8-16)25-15-24-20-14-18(11-12-19(20)22(25)26)31(28,29)17-9-5-6-10-17/h11-12,14-17,21H,2-10,13H2,1H3. The number of hydrogen-bond acceptors (Lipinski definition) is 6. The first-order valence-electron chi connectivity index (χ1n) is 11.2. The van der Waals surface area contributed by atoms with Gasteiger partial charge in [-0.3, -0.25) is 9.36 Å². The summed E-state index contributed by atoms with van der Waals surface area (Å²) in [6.45, 7) is 0. The molecule has 0 bridgehead atoms. The van der Waals surface area contributed by atoms with E-state index < -0.39 is 21.8 Å². The van der Waals surface area contributed by atoms with Crippen LogP contribution in [0.25, 0.3) is 10.9 Å². The first kappa shape index (κ1) is 22.0. The number of esters is 1. The molecule has 0 radical (unpaired) electrons. The molecular formula is C23H30N2O5S. The lowest BCUT2D eigenvalue weighted by Crippen LogP contribution is -2.32. The van der Waals surface area contributed by atoms with Gasteiger partial charge in [0.2, 0.25) is 0 Å². The van der Waals surface area contributed by atoms with Gasteiger partial charge in [-0.2, -0.15) is 0 Å². The molecule has 7 nitrogen and oxygen atoms in total. The summed E-state index contributed by atoms with van der Waals surface area (Å²) in [6.07, 6.45) is 10.7. The quantitative estimate of drug-likeness (QED) is 0.627. The van der Waals surface area contributed by atoms with Crippen molar-refractivity contribution in [2.75, 3.05) is 7.11 Å². The highest BCUT2D eigenvalue weighted by atomic mass is 32.2. The molecule has 1 aromatic carbocycles. The Hall–Kier alpha value is -2.22. The molecule has 1 unspecified atom stereocenters. The number of ether oxygens (including phenoxy) is 1. The second-order valence-corrected chi connectivity index (χ2v) is 11.1. The van der Waals surface area contributed by atoms with Gasteiger partial charge >= 0.3 is 5.97 Å². The van der Waals surface area contributed by atoms with E-state index in [1.165, 1.54) is 42.6 Å². The Labute approximate surface area is 182 Å². The van der Waals surface area contributed by atoms with Crippen LogP contribution in [0.5, 0.6) is 0 Å². The number of rotatable bonds is 6. The second kappa shape index (κ2) is 9.10. The van der Waals surface area contributed by atoms with Crippen molar-refractivity contribution >= 4 is 26.7 Å². The molecule has 2 aliphatic carbocycles. The molecule has 1 heterocycles. The van der Waals surface area contributed by atoms with Gasteiger partial charge < -0.3 is 4.74 Å². The third-order valence-electron chi connectivity index (χ3n) is 6.92. The molecule has 8 heteroatoms. The molecule has 1 atom stereocenters. The molecule has 2 aromatic rings. The SMILES string of the molecule is COC(=O)C(CC1CCCCC1)n1cnc2cc(S(=O)(=O)C3CCCC3)ccc2c1=O. The average Bonchev–Trinajstić information content (AvgIpc) is 3.34. The maximum Gasteiger partial charge on any atom is 0.329 e. The van der Waals surface area contributed by atoms with E-state index in [0.29, 0.717) is 36.1 Å². The number of carbonyl (C=O) groups is 1. The van der Waals surface area contributed by atoms with Crippen molar-refractivity contribution in [2.24, 2.45) is 5.92 Å². The zero-order valence-electron chi connectivity index (χ0n) is 18.0. The summed E-state index contributed by atoms with van der Waals surface area (Å²) >= 11 is 0. The Morgan fingerprint density at radius 3 is 2.48 bits per heavy atom. The average molecular weight is 447 g/mol. The summed E-state index contributed by atoms with van der Waals surface area (Å²) in [5, 5.41) is -0.0464. The van der Waals surface area contributed by atoms with Crippen LogP contribution in [0.4, 0.5) is 0 Å². The van der Waals surface area contributed by atoms with Crippen molar-refractivity contribution in [1.82, 2.24) is 9.55 Å². The Morgan fingerprint density at radius 2 is 1.81 bits per heavy atom. The number of benzene rings is 1. The molecule has 168 valence electrons. The minimum Gasteiger partial charge on any atom is -0.467 e. The van der Waals surface area contributed by atoms with E-state index in [4.69, 9.17) is 4.74 Å². The van der Waals surface area contributed by atoms with Crippen LogP contribution in [0, 0.1) is 5.92 Å². The van der Waals surface area contributed by atoms with Crippen LogP contribution in [0.15, 0.2) is 34.2 Å². The van der Waals surface area contributed by atoms with Crippen LogP contribution in [0.3, 0.4) is 0 Å². The summed E-state index contributed by atoms with van der Waals surface area (Å²) in [7, 11) is -2.10. The van der Waals surface area contributed by atoms with Crippen LogP contribution in [-0.4, -0.2) is 36.3 Å². The predicted molar refractivity (Wildman–Crippen MR) is 118 cm³/mol. The van der Waals surface area contributed by atoms with Gasteiger partial charge in [0.15, 0.2) is 9.84 Å². The van der Waals surface area contributed by atoms with Crippen LogP contribution in [0.1, 0.15) is 70.3 Å². The van der Waals surface area contributed by atoms with Gasteiger partial charge in [-0.05, 0) is 43.4 Å². The molecule has 0 amide bonds. The topological polar surface area (TPSA) is 95.3 Å². The fourth-order valence-corrected chi connectivity index (χ4v) is 6.98. The minimum atomic E-state index is -3.43. The van der Waals surface area contributed by atoms with Gasteiger partial charge in [-0.1, -0.05) is 44.9 Å². The summed E-state index contributed by atoms with van der Waals surface area (Å²) < 4.78 is 32.2. The number of aromatic nitrogens is 2. The molecule has 1 aromatic heterocycles. The van der Waals surface area contributed by atoms with E-state index in [2.05, 4.69) is 4.98 Å². The smallest absolute Gasteiger partial charge is 0.329 e. The number of nitrogens with zero attached hydrogens (tertiary/aromatic N) is 2. The maximum atomic E-state index is 13.2. The van der Waals surface area contributed by atoms with E-state index >= 15 is 0 Å². The maximum absolute atomic E-state index is 13.2. The molecule has 31 heavy (non-hydrogen) atoms. The van der Waals surface area contributed by atoms with E-state index in [1.807, 2.05) is 0 Å². The van der Waals surface area contributed by atoms with E-state index in [1.54, 1.807) is 0 Å². The van der Waals surface area contributed by atoms with Crippen LogP contribution in [-0.2, 0) is 19.4 Å². The molecule has 2 saturated carbocycles. The molecule has 0 spiro atoms. The van der Waals surface area contributed by atoms with Crippen molar-refractivity contribution in [3.05, 3.63) is 34.9 Å². The van der Waals surface area contributed by atoms with Gasteiger partial charge in [0.25, 0.3) is 5.56 Å². The van der Waals surface area contributed by atoms with Gasteiger partial charge in [0.05, 0.1) is 34.5 Å². The third-order valence-corrected chi connectivity index (χ3v) is 9.18. The number of methoxy groups -OCH3 is 1. The van der Waals surface area contributed by atoms with Crippen LogP contribution < -0.4 is 5.56 Å². The Balaban J connectivity index is 1.69. The second-order valence-electron chi connectivity index (χ2n) is 8.87. The molecular weight excluding hydrogens is 416 g/mol. The van der Waals surface area contributed by atoms with E-state index in [9.17, 15) is 18.0 Å². The highest BCUT2D eigenvalue weighted by Crippen LogP contribution is 2.32. The molecule has 0 saturated heterocycles. The molecule has 2 aliphatic rings. The predicted octanol–water partition coefficient (Wildman–Crippen LogP) is 3.80.